The van der Waals surface area contributed by atoms with Crippen LogP contribution in [0.2, 0.25) is 0 Å². The van der Waals surface area contributed by atoms with Crippen molar-refractivity contribution in [2.75, 3.05) is 0 Å². The van der Waals surface area contributed by atoms with Gasteiger partial charge in [0.25, 0.3) is 0 Å². The van der Waals surface area contributed by atoms with E-state index in [-0.39, 0.29) is 0 Å². The van der Waals surface area contributed by atoms with Crippen LogP contribution in [0.25, 0.3) is 0 Å². The topological polar surface area (TPSA) is 261 Å². The number of aryl methyl sites for hydroxylation is 1. The third-order valence-corrected chi connectivity index (χ3v) is 0.637. The Hall–Kier alpha value is -1.30. The molecular weight excluding hydrogens is 447 g/mol. The fourth-order valence-electron chi connectivity index (χ4n) is 0.326. The number of aromatic nitrogens is 2. The number of rotatable bonds is 0. The molecule has 30 heavy (non-hydrogen) atoms. The molecule has 12 N–H and O–H groups in total. The molecule has 1 aromatic rings. The van der Waals surface area contributed by atoms with Gasteiger partial charge in [0.15, 0.2) is 0 Å². The van der Waals surface area contributed by atoms with Gasteiger partial charge in [0.05, 0.1) is 6.33 Å². The molecule has 0 atom stereocenters. The summed E-state index contributed by atoms with van der Waals surface area (Å²) in [6.45, 7) is 0. The smallest absolute Gasteiger partial charge is 0.398 e. The summed E-state index contributed by atoms with van der Waals surface area (Å²) in [7, 11) is -14.1. The van der Waals surface area contributed by atoms with Crippen LogP contribution in [0.15, 0.2) is 18.7 Å². The molecule has 14 nitrogen and oxygen atoms in total. The van der Waals surface area contributed by atoms with E-state index in [1.165, 1.54) is 0 Å². The molecule has 0 spiro atoms. The van der Waals surface area contributed by atoms with Crippen molar-refractivity contribution in [3.05, 3.63) is 18.7 Å². The second-order valence-electron chi connectivity index (χ2n) is 3.09. The lowest BCUT2D eigenvalue weighted by Gasteiger charge is -1.76. The van der Waals surface area contributed by atoms with Gasteiger partial charge in [-0.15, -0.1) is 0 Å². The highest BCUT2D eigenvalue weighted by Gasteiger charge is 1.99. The maximum Gasteiger partial charge on any atom is 0.674 e. The summed E-state index contributed by atoms with van der Waals surface area (Å²) in [4.78, 5) is 3.78. The third kappa shape index (κ3) is 543. The van der Waals surface area contributed by atoms with Gasteiger partial charge in [0.1, 0.15) is 0 Å². The third-order valence-electron chi connectivity index (χ3n) is 0.637. The minimum absolute atomic E-state index is 1.75. The van der Waals surface area contributed by atoms with Gasteiger partial charge in [-0.3, -0.25) is 25.9 Å². The molecule has 0 aliphatic rings. The van der Waals surface area contributed by atoms with Crippen LogP contribution in [-0.4, -0.2) is 114 Å². The lowest BCUT2D eigenvalue weighted by molar-refractivity contribution is 0.338. The van der Waals surface area contributed by atoms with Crippen LogP contribution in [0, 0.1) is 0 Å². The average Bonchev–Trinajstić information content (AvgIpc) is 2.85. The van der Waals surface area contributed by atoms with E-state index >= 15 is 0 Å². The van der Waals surface area contributed by atoms with Gasteiger partial charge in [0, 0.05) is 19.4 Å². The Morgan fingerprint density at radius 2 is 0.700 bits per heavy atom. The van der Waals surface area contributed by atoms with Crippen molar-refractivity contribution in [2.45, 2.75) is 0 Å². The summed E-state index contributed by atoms with van der Waals surface area (Å²) >= 11 is 0. The van der Waals surface area contributed by atoms with Crippen LogP contribution in [-0.2, 0) is 7.05 Å². The van der Waals surface area contributed by atoms with Crippen LogP contribution in [0.3, 0.4) is 0 Å². The number of nitrogens with zero attached hydrogens (tertiary/aromatic N) is 2. The molecule has 0 bridgehead atoms. The molecule has 0 fully saturated rings. The molecule has 176 valence electrons. The molecule has 1 aromatic heterocycles. The highest BCUT2D eigenvalue weighted by atomic mass is 19.1. The molecule has 0 unspecified atom stereocenters. The van der Waals surface area contributed by atoms with E-state index in [1.54, 1.807) is 12.5 Å². The van der Waals surface area contributed by atoms with Gasteiger partial charge in [0.2, 0.25) is 0 Å². The average molecular weight is 465 g/mol. The summed E-state index contributed by atoms with van der Waals surface area (Å²) in [6, 6.07) is 0. The highest BCUT2D eigenvalue weighted by molar-refractivity contribution is 6.32. The molecule has 0 radical (unpaired) electrons. The van der Waals surface area contributed by atoms with Crippen molar-refractivity contribution < 1.29 is 86.2 Å². The van der Waals surface area contributed by atoms with E-state index < -0.39 is 44.4 Å². The van der Waals surface area contributed by atoms with Crippen molar-refractivity contribution in [3.63, 3.8) is 0 Å². The zero-order chi connectivity index (χ0) is 25.9. The van der Waals surface area contributed by atoms with Crippen LogP contribution < -0.4 is 0 Å². The standard InChI is InChI=1S/C4H6N2.6BFH2O2/c1-6-3-2-5-4-6;6*2-1(3)4/h2-4H,1H3;6*3-4H. The maximum absolute atomic E-state index is 10.1. The van der Waals surface area contributed by atoms with Crippen molar-refractivity contribution in [3.8, 4) is 0 Å². The summed E-state index contributed by atoms with van der Waals surface area (Å²) in [6.07, 6.45) is 5.39. The van der Waals surface area contributed by atoms with Crippen molar-refractivity contribution in [1.82, 2.24) is 9.55 Å². The Kier molecular flexibility index (Phi) is 50.1. The lowest BCUT2D eigenvalue weighted by atomic mass is 10.3. The quantitative estimate of drug-likeness (QED) is 0.126. The Labute approximate surface area is 167 Å². The summed E-state index contributed by atoms with van der Waals surface area (Å²) in [5.41, 5.74) is 0. The predicted octanol–water partition coefficient (Wildman–Crippen LogP) is -6.03. The van der Waals surface area contributed by atoms with E-state index in [0.29, 0.717) is 0 Å². The van der Waals surface area contributed by atoms with Gasteiger partial charge in [-0.1, -0.05) is 0 Å². The Morgan fingerprint density at radius 1 is 0.533 bits per heavy atom. The van der Waals surface area contributed by atoms with Crippen molar-refractivity contribution >= 4 is 44.4 Å². The highest BCUT2D eigenvalue weighted by Crippen LogP contribution is 1.73. The molecule has 0 saturated heterocycles. The predicted molar refractivity (Wildman–Crippen MR) is 91.0 cm³/mol. The SMILES string of the molecule is Cn1ccnc1.OB(O)F.OB(O)F.OB(O)F.OB(O)F.OB(O)F.OB(O)F. The van der Waals surface area contributed by atoms with E-state index in [1.807, 2.05) is 17.8 Å². The first-order valence-corrected chi connectivity index (χ1v) is 6.22. The van der Waals surface area contributed by atoms with Crippen molar-refractivity contribution in [1.29, 1.82) is 0 Å². The molecule has 1 heterocycles. The van der Waals surface area contributed by atoms with Gasteiger partial charge in [-0.25, -0.2) is 4.98 Å². The first kappa shape index (κ1) is 42.7. The molecule has 0 aliphatic carbocycles. The molecule has 1 rings (SSSR count). The largest absolute Gasteiger partial charge is 0.674 e. The van der Waals surface area contributed by atoms with Gasteiger partial charge >= 0.3 is 44.4 Å². The minimum atomic E-state index is -2.67. The number of halogens is 6. The monoisotopic (exact) mass is 466 g/mol. The van der Waals surface area contributed by atoms with Crippen LogP contribution in [0.4, 0.5) is 25.9 Å². The second-order valence-corrected chi connectivity index (χ2v) is 3.09. The Bertz CT molecular complexity index is 310. The number of imidazole rings is 1. The van der Waals surface area contributed by atoms with Gasteiger partial charge < -0.3 is 64.9 Å². The molecule has 0 amide bonds. The van der Waals surface area contributed by atoms with Crippen LogP contribution in [0.5, 0.6) is 0 Å². The fraction of sp³-hybridized carbons (Fsp3) is 0.250. The van der Waals surface area contributed by atoms with E-state index in [4.69, 9.17) is 60.3 Å². The first-order chi connectivity index (χ1) is 13.3. The molecule has 0 aliphatic heterocycles. The summed E-state index contributed by atoms with van der Waals surface area (Å²) < 4.78 is 62.6. The van der Waals surface area contributed by atoms with E-state index in [0.717, 1.165) is 0 Å². The van der Waals surface area contributed by atoms with Crippen LogP contribution >= 0.6 is 0 Å². The zero-order valence-corrected chi connectivity index (χ0v) is 14.7. The molecular formula is C4H18B6F6N2O12. The molecule has 0 aromatic carbocycles. The number of hydrogen-bond acceptors (Lipinski definition) is 13. The van der Waals surface area contributed by atoms with Gasteiger partial charge in [-0.05, 0) is 0 Å². The minimum Gasteiger partial charge on any atom is -0.398 e. The van der Waals surface area contributed by atoms with Gasteiger partial charge in [-0.2, -0.15) is 0 Å². The normalized spacial score (nSPS) is 7.17. The number of hydrogen-bond donors (Lipinski definition) is 12. The fourth-order valence-corrected chi connectivity index (χ4v) is 0.326. The summed E-state index contributed by atoms with van der Waals surface area (Å²) in [5, 5.41) is 83.3. The summed E-state index contributed by atoms with van der Waals surface area (Å²) in [5.74, 6) is 0. The Balaban J connectivity index is -0.0000000565. The first-order valence-electron chi connectivity index (χ1n) is 6.22. The van der Waals surface area contributed by atoms with Crippen LogP contribution in [0.1, 0.15) is 0 Å². The second kappa shape index (κ2) is 35.2. The Morgan fingerprint density at radius 3 is 0.733 bits per heavy atom. The zero-order valence-electron chi connectivity index (χ0n) is 14.7. The molecule has 26 heteroatoms. The van der Waals surface area contributed by atoms with E-state index in [9.17, 15) is 25.9 Å². The lowest BCUT2D eigenvalue weighted by Crippen LogP contribution is -1.98. The van der Waals surface area contributed by atoms with Crippen molar-refractivity contribution in [2.24, 2.45) is 7.05 Å². The van der Waals surface area contributed by atoms with E-state index in [2.05, 4.69) is 4.98 Å². The molecule has 0 saturated carbocycles. The maximum atomic E-state index is 10.1.